The fourth-order valence-corrected chi connectivity index (χ4v) is 0.817. The topological polar surface area (TPSA) is 46.5 Å². The van der Waals surface area contributed by atoms with Crippen molar-refractivity contribution < 1.29 is 14.6 Å². The van der Waals surface area contributed by atoms with Crippen molar-refractivity contribution in [2.45, 2.75) is 0 Å². The van der Waals surface area contributed by atoms with Crippen LogP contribution in [0.2, 0.25) is 0 Å². The lowest BCUT2D eigenvalue weighted by molar-refractivity contribution is -0.138. The molecule has 0 aliphatic heterocycles. The van der Waals surface area contributed by atoms with E-state index >= 15 is 0 Å². The van der Waals surface area contributed by atoms with Gasteiger partial charge in [-0.3, -0.25) is 4.79 Å². The van der Waals surface area contributed by atoms with E-state index in [1.54, 1.807) is 31.4 Å². The van der Waals surface area contributed by atoms with E-state index in [0.717, 1.165) is 0 Å². The maximum Gasteiger partial charge on any atom is 0.290 e. The van der Waals surface area contributed by atoms with E-state index in [2.05, 4.69) is 0 Å². The minimum Gasteiger partial charge on any atom is -0.482 e. The van der Waals surface area contributed by atoms with Gasteiger partial charge in [-0.1, -0.05) is 0 Å². The summed E-state index contributed by atoms with van der Waals surface area (Å²) >= 11 is 0. The molecule has 0 aromatic heterocycles. The molecule has 0 fully saturated rings. The molecule has 11 heavy (non-hydrogen) atoms. The second-order valence-electron chi connectivity index (χ2n) is 2.19. The zero-order valence-corrected chi connectivity index (χ0v) is 6.15. The van der Waals surface area contributed by atoms with Gasteiger partial charge in [0, 0.05) is 13.0 Å². The van der Waals surface area contributed by atoms with E-state index in [4.69, 9.17) is 9.84 Å². The first-order chi connectivity index (χ1) is 5.24. The summed E-state index contributed by atoms with van der Waals surface area (Å²) in [5.74, 6) is -1.35. The highest BCUT2D eigenvalue weighted by atomic mass is 16.5. The van der Waals surface area contributed by atoms with Gasteiger partial charge in [0.2, 0.25) is 0 Å². The highest BCUT2D eigenvalue weighted by Gasteiger charge is 2.06. The molecule has 0 aromatic carbocycles. The Labute approximate surface area is 65.0 Å². The van der Waals surface area contributed by atoms with Gasteiger partial charge in [0.25, 0.3) is 5.97 Å². The molecule has 1 aliphatic rings. The van der Waals surface area contributed by atoms with Gasteiger partial charge in [-0.05, 0) is 6.10 Å². The van der Waals surface area contributed by atoms with E-state index in [1.165, 1.54) is 0 Å². The fraction of sp³-hybridized carbons (Fsp3) is 0.250. The van der Waals surface area contributed by atoms with Crippen LogP contribution in [0.25, 0.3) is 0 Å². The van der Waals surface area contributed by atoms with Crippen LogP contribution in [0.3, 0.4) is 0 Å². The average molecular weight is 153 g/mol. The van der Waals surface area contributed by atoms with Crippen molar-refractivity contribution in [1.82, 2.24) is 0 Å². The molecule has 0 heterocycles. The Morgan fingerprint density at radius 3 is 2.45 bits per heavy atom. The summed E-state index contributed by atoms with van der Waals surface area (Å²) in [6.07, 6.45) is 7.16. The molecule has 60 valence electrons. The number of hydrogen-bond acceptors (Lipinski definition) is 2. The Balaban J connectivity index is 2.57. The SMILES string of the molecule is CO[C-]1C=CC(C(=O)O)C=C1. The first-order valence-electron chi connectivity index (χ1n) is 3.24. The molecule has 0 saturated heterocycles. The van der Waals surface area contributed by atoms with Gasteiger partial charge in [0.1, 0.15) is 0 Å². The molecule has 0 saturated carbocycles. The molecule has 0 atom stereocenters. The molecular weight excluding hydrogens is 144 g/mol. The van der Waals surface area contributed by atoms with Crippen molar-refractivity contribution in [3.05, 3.63) is 30.4 Å². The van der Waals surface area contributed by atoms with Crippen LogP contribution in [0, 0.1) is 12.0 Å². The summed E-state index contributed by atoms with van der Waals surface area (Å²) in [4.78, 5) is 10.4. The largest absolute Gasteiger partial charge is 0.482 e. The highest BCUT2D eigenvalue weighted by Crippen LogP contribution is 2.16. The molecule has 0 amide bonds. The second kappa shape index (κ2) is 3.25. The first-order valence-corrected chi connectivity index (χ1v) is 3.24. The van der Waals surface area contributed by atoms with E-state index in [0.29, 0.717) is 6.10 Å². The van der Waals surface area contributed by atoms with Gasteiger partial charge < -0.3 is 9.84 Å². The Kier molecular flexibility index (Phi) is 2.33. The van der Waals surface area contributed by atoms with Crippen LogP contribution in [0.1, 0.15) is 0 Å². The normalized spacial score (nSPS) is 17.4. The minimum absolute atomic E-state index is 0.506. The van der Waals surface area contributed by atoms with Gasteiger partial charge in [-0.2, -0.15) is 12.2 Å². The average Bonchev–Trinajstić information content (AvgIpc) is 2.05. The van der Waals surface area contributed by atoms with Crippen LogP contribution < -0.4 is 0 Å². The van der Waals surface area contributed by atoms with Gasteiger partial charge in [0.15, 0.2) is 0 Å². The number of ether oxygens (including phenoxy) is 1. The van der Waals surface area contributed by atoms with Gasteiger partial charge in [-0.15, -0.1) is 12.2 Å². The smallest absolute Gasteiger partial charge is 0.290 e. The molecule has 1 N–H and O–H groups in total. The molecule has 1 rings (SSSR count). The van der Waals surface area contributed by atoms with E-state index in [-0.39, 0.29) is 0 Å². The van der Waals surface area contributed by atoms with Crippen molar-refractivity contribution in [2.75, 3.05) is 7.11 Å². The fourth-order valence-electron chi connectivity index (χ4n) is 0.817. The van der Waals surface area contributed by atoms with Crippen molar-refractivity contribution in [3.8, 4) is 0 Å². The van der Waals surface area contributed by atoms with Crippen molar-refractivity contribution in [2.24, 2.45) is 5.92 Å². The number of carboxylic acids is 1. The van der Waals surface area contributed by atoms with E-state index in [1.807, 2.05) is 0 Å². The van der Waals surface area contributed by atoms with Crippen molar-refractivity contribution >= 4 is 5.97 Å². The summed E-state index contributed by atoms with van der Waals surface area (Å²) in [6, 6.07) is 0. The maximum absolute atomic E-state index is 10.4. The van der Waals surface area contributed by atoms with Crippen LogP contribution >= 0.6 is 0 Å². The third kappa shape index (κ3) is 1.85. The molecule has 1 aliphatic carbocycles. The third-order valence-corrected chi connectivity index (χ3v) is 1.46. The number of aliphatic carboxylic acids is 1. The summed E-state index contributed by atoms with van der Waals surface area (Å²) in [7, 11) is 1.55. The molecule has 0 bridgehead atoms. The van der Waals surface area contributed by atoms with Crippen molar-refractivity contribution in [1.29, 1.82) is 0 Å². The van der Waals surface area contributed by atoms with Crippen LogP contribution in [0.4, 0.5) is 0 Å². The molecule has 0 radical (unpaired) electrons. The minimum atomic E-state index is -0.840. The second-order valence-corrected chi connectivity index (χ2v) is 2.19. The molecular formula is C8H9O3-. The first kappa shape index (κ1) is 7.88. The number of hydrogen-bond donors (Lipinski definition) is 1. The molecule has 0 spiro atoms. The van der Waals surface area contributed by atoms with E-state index in [9.17, 15) is 4.79 Å². The third-order valence-electron chi connectivity index (χ3n) is 1.46. The standard InChI is InChI=1S/C8H9O3/c1-11-7-4-2-6(3-5-7)8(9)10/h2-6H,1H3,(H,9,10)/q-1. The quantitative estimate of drug-likeness (QED) is 0.602. The van der Waals surface area contributed by atoms with Crippen LogP contribution in [-0.2, 0) is 9.53 Å². The lowest BCUT2D eigenvalue weighted by Gasteiger charge is -2.20. The Hall–Kier alpha value is -1.22. The van der Waals surface area contributed by atoms with Crippen LogP contribution in [0.5, 0.6) is 0 Å². The number of rotatable bonds is 2. The Morgan fingerprint density at radius 2 is 2.09 bits per heavy atom. The molecule has 3 heteroatoms. The molecule has 0 aromatic rings. The predicted octanol–water partition coefficient (Wildman–Crippen LogP) is 0.992. The zero-order valence-electron chi connectivity index (χ0n) is 6.15. The lowest BCUT2D eigenvalue weighted by Crippen LogP contribution is -2.11. The Morgan fingerprint density at radius 1 is 1.55 bits per heavy atom. The maximum atomic E-state index is 10.4. The van der Waals surface area contributed by atoms with Gasteiger partial charge in [0.05, 0.1) is 0 Å². The number of carboxylic acid groups (broad SMARTS) is 1. The highest BCUT2D eigenvalue weighted by molar-refractivity contribution is 5.75. The van der Waals surface area contributed by atoms with E-state index < -0.39 is 11.9 Å². The van der Waals surface area contributed by atoms with Crippen LogP contribution in [-0.4, -0.2) is 18.2 Å². The summed E-state index contributed by atoms with van der Waals surface area (Å²) in [5.41, 5.74) is 0. The number of carbonyl (C=O) groups is 1. The lowest BCUT2D eigenvalue weighted by atomic mass is 10.0. The van der Waals surface area contributed by atoms with Crippen LogP contribution in [0.15, 0.2) is 24.3 Å². The Bertz CT molecular complexity index is 191. The van der Waals surface area contributed by atoms with Gasteiger partial charge in [-0.25, -0.2) is 0 Å². The molecule has 3 nitrogen and oxygen atoms in total. The zero-order chi connectivity index (χ0) is 8.27. The predicted molar refractivity (Wildman–Crippen MR) is 39.7 cm³/mol. The monoisotopic (exact) mass is 153 g/mol. The molecule has 0 unspecified atom stereocenters. The summed E-state index contributed by atoms with van der Waals surface area (Å²) in [5, 5.41) is 8.54. The van der Waals surface area contributed by atoms with Crippen molar-refractivity contribution in [3.63, 3.8) is 0 Å². The number of methoxy groups -OCH3 is 1. The summed E-state index contributed by atoms with van der Waals surface area (Å²) < 4.78 is 4.87. The van der Waals surface area contributed by atoms with Gasteiger partial charge >= 0.3 is 0 Å². The summed E-state index contributed by atoms with van der Waals surface area (Å²) in [6.45, 7) is 0.